The van der Waals surface area contributed by atoms with Gasteiger partial charge >= 0.3 is 5.97 Å². The number of nitrogens with one attached hydrogen (secondary N) is 1. The van der Waals surface area contributed by atoms with E-state index in [1.54, 1.807) is 6.92 Å². The first-order valence-corrected chi connectivity index (χ1v) is 5.23. The summed E-state index contributed by atoms with van der Waals surface area (Å²) >= 11 is 0. The van der Waals surface area contributed by atoms with Crippen LogP contribution >= 0.6 is 0 Å². The summed E-state index contributed by atoms with van der Waals surface area (Å²) in [5.74, 6) is -1.20. The molecule has 0 rings (SSSR count). The molecule has 88 valence electrons. The van der Waals surface area contributed by atoms with Crippen molar-refractivity contribution in [2.45, 2.75) is 47.1 Å². The molecule has 0 fully saturated rings. The van der Waals surface area contributed by atoms with Crippen molar-refractivity contribution in [1.29, 1.82) is 0 Å². The van der Waals surface area contributed by atoms with Crippen LogP contribution in [0.2, 0.25) is 0 Å². The van der Waals surface area contributed by atoms with Gasteiger partial charge in [0.2, 0.25) is 5.91 Å². The lowest BCUT2D eigenvalue weighted by Crippen LogP contribution is -2.40. The minimum atomic E-state index is -0.987. The molecule has 0 saturated heterocycles. The van der Waals surface area contributed by atoms with Crippen LogP contribution in [0.25, 0.3) is 0 Å². The second-order valence-corrected chi connectivity index (χ2v) is 4.78. The van der Waals surface area contributed by atoms with E-state index in [0.717, 1.165) is 0 Å². The second kappa shape index (κ2) is 5.14. The lowest BCUT2D eigenvalue weighted by Gasteiger charge is -2.28. The van der Waals surface area contributed by atoms with Gasteiger partial charge in [-0.2, -0.15) is 0 Å². The van der Waals surface area contributed by atoms with E-state index in [9.17, 15) is 9.59 Å². The maximum Gasteiger partial charge on any atom is 0.310 e. The highest BCUT2D eigenvalue weighted by Gasteiger charge is 2.38. The smallest absolute Gasteiger partial charge is 0.310 e. The fraction of sp³-hybridized carbons (Fsp3) is 0.818. The van der Waals surface area contributed by atoms with Crippen molar-refractivity contribution in [1.82, 2.24) is 5.32 Å². The van der Waals surface area contributed by atoms with Crippen molar-refractivity contribution in [3.63, 3.8) is 0 Å². The largest absolute Gasteiger partial charge is 0.481 e. The zero-order chi connectivity index (χ0) is 12.2. The van der Waals surface area contributed by atoms with E-state index in [-0.39, 0.29) is 24.3 Å². The zero-order valence-electron chi connectivity index (χ0n) is 10.1. The lowest BCUT2D eigenvalue weighted by atomic mass is 9.76. The summed E-state index contributed by atoms with van der Waals surface area (Å²) in [7, 11) is 0. The van der Waals surface area contributed by atoms with Gasteiger partial charge in [0.05, 0.1) is 5.41 Å². The van der Waals surface area contributed by atoms with Crippen molar-refractivity contribution >= 4 is 11.9 Å². The molecule has 0 spiro atoms. The molecule has 0 radical (unpaired) electrons. The highest BCUT2D eigenvalue weighted by Crippen LogP contribution is 2.31. The molecule has 2 N–H and O–H groups in total. The number of rotatable bonds is 5. The van der Waals surface area contributed by atoms with Crippen LogP contribution in [0.3, 0.4) is 0 Å². The summed E-state index contributed by atoms with van der Waals surface area (Å²) in [6, 6.07) is 0.0442. The average Bonchev–Trinajstić information content (AvgIpc) is 2.01. The Hall–Kier alpha value is -1.06. The molecule has 0 aromatic rings. The van der Waals surface area contributed by atoms with Gasteiger partial charge in [-0.1, -0.05) is 13.8 Å². The fourth-order valence-electron chi connectivity index (χ4n) is 1.23. The first-order chi connectivity index (χ1) is 6.70. The Balaban J connectivity index is 4.57. The summed E-state index contributed by atoms with van der Waals surface area (Å²) in [6.45, 7) is 8.95. The van der Waals surface area contributed by atoms with Crippen molar-refractivity contribution in [2.24, 2.45) is 11.3 Å². The van der Waals surface area contributed by atoms with Crippen molar-refractivity contribution in [2.75, 3.05) is 0 Å². The van der Waals surface area contributed by atoms with E-state index >= 15 is 0 Å². The minimum Gasteiger partial charge on any atom is -0.481 e. The van der Waals surface area contributed by atoms with E-state index < -0.39 is 11.4 Å². The normalized spacial score (nSPS) is 15.1. The highest BCUT2D eigenvalue weighted by molar-refractivity contribution is 5.85. The van der Waals surface area contributed by atoms with Gasteiger partial charge in [-0.15, -0.1) is 0 Å². The van der Waals surface area contributed by atoms with Gasteiger partial charge in [-0.3, -0.25) is 9.59 Å². The van der Waals surface area contributed by atoms with Crippen molar-refractivity contribution in [3.8, 4) is 0 Å². The van der Waals surface area contributed by atoms with E-state index in [1.807, 2.05) is 27.7 Å². The maximum atomic E-state index is 11.5. The van der Waals surface area contributed by atoms with Crippen LogP contribution < -0.4 is 5.32 Å². The number of hydrogen-bond donors (Lipinski definition) is 2. The first kappa shape index (κ1) is 13.9. The number of carboxylic acid groups (broad SMARTS) is 1. The molecular weight excluding hydrogens is 194 g/mol. The first-order valence-electron chi connectivity index (χ1n) is 5.23. The molecule has 0 aromatic heterocycles. The van der Waals surface area contributed by atoms with Crippen molar-refractivity contribution < 1.29 is 14.7 Å². The quantitative estimate of drug-likeness (QED) is 0.732. The SMILES string of the molecule is CC(C)NC(=O)CC(C)(C(=O)O)C(C)C. The van der Waals surface area contributed by atoms with Crippen LogP contribution in [0.15, 0.2) is 0 Å². The van der Waals surface area contributed by atoms with Crippen LogP contribution in [-0.2, 0) is 9.59 Å². The number of aliphatic carboxylic acids is 1. The minimum absolute atomic E-state index is 0.0260. The molecule has 0 aliphatic rings. The van der Waals surface area contributed by atoms with Crippen LogP contribution in [0.4, 0.5) is 0 Å². The fourth-order valence-corrected chi connectivity index (χ4v) is 1.23. The van der Waals surface area contributed by atoms with Gasteiger partial charge in [0, 0.05) is 12.5 Å². The van der Waals surface area contributed by atoms with Gasteiger partial charge in [-0.25, -0.2) is 0 Å². The van der Waals surface area contributed by atoms with Gasteiger partial charge in [0.25, 0.3) is 0 Å². The molecule has 1 unspecified atom stereocenters. The summed E-state index contributed by atoms with van der Waals surface area (Å²) in [4.78, 5) is 22.6. The van der Waals surface area contributed by atoms with Gasteiger partial charge in [-0.05, 0) is 26.7 Å². The average molecular weight is 215 g/mol. The zero-order valence-corrected chi connectivity index (χ0v) is 10.1. The monoisotopic (exact) mass is 215 g/mol. The van der Waals surface area contributed by atoms with Crippen LogP contribution in [0.1, 0.15) is 41.0 Å². The molecule has 0 bridgehead atoms. The van der Waals surface area contributed by atoms with E-state index in [2.05, 4.69) is 5.32 Å². The molecule has 0 saturated carbocycles. The molecular formula is C11H21NO3. The molecule has 0 aliphatic carbocycles. The van der Waals surface area contributed by atoms with Gasteiger partial charge in [0.15, 0.2) is 0 Å². The molecule has 4 nitrogen and oxygen atoms in total. The predicted octanol–water partition coefficient (Wildman–Crippen LogP) is 1.65. The van der Waals surface area contributed by atoms with Crippen LogP contribution in [0.5, 0.6) is 0 Å². The Morgan fingerprint density at radius 1 is 1.27 bits per heavy atom. The lowest BCUT2D eigenvalue weighted by molar-refractivity contribution is -0.153. The van der Waals surface area contributed by atoms with Gasteiger partial charge in [0.1, 0.15) is 0 Å². The Morgan fingerprint density at radius 2 is 1.73 bits per heavy atom. The summed E-state index contributed by atoms with van der Waals surface area (Å²) in [6.07, 6.45) is 0.0260. The van der Waals surface area contributed by atoms with Crippen molar-refractivity contribution in [3.05, 3.63) is 0 Å². The molecule has 0 heterocycles. The van der Waals surface area contributed by atoms with Gasteiger partial charge < -0.3 is 10.4 Å². The summed E-state index contributed by atoms with van der Waals surface area (Å²) in [5, 5.41) is 11.8. The molecule has 4 heteroatoms. The van der Waals surface area contributed by atoms with Crippen LogP contribution in [-0.4, -0.2) is 23.0 Å². The van der Waals surface area contributed by atoms with Crippen LogP contribution in [0, 0.1) is 11.3 Å². The highest BCUT2D eigenvalue weighted by atomic mass is 16.4. The standard InChI is InChI=1S/C11H21NO3/c1-7(2)11(5,10(14)15)6-9(13)12-8(3)4/h7-8H,6H2,1-5H3,(H,12,13)(H,14,15). The molecule has 1 amide bonds. The third kappa shape index (κ3) is 3.90. The number of hydrogen-bond acceptors (Lipinski definition) is 2. The van der Waals surface area contributed by atoms with E-state index in [0.29, 0.717) is 0 Å². The second-order valence-electron chi connectivity index (χ2n) is 4.78. The Labute approximate surface area is 91.1 Å². The Bertz CT molecular complexity index is 248. The summed E-state index contributed by atoms with van der Waals surface area (Å²) < 4.78 is 0. The molecule has 0 aromatic carbocycles. The van der Waals surface area contributed by atoms with E-state index in [4.69, 9.17) is 5.11 Å². The Kier molecular flexibility index (Phi) is 4.78. The number of carboxylic acids is 1. The topological polar surface area (TPSA) is 66.4 Å². The number of carbonyl (C=O) groups is 2. The Morgan fingerprint density at radius 3 is 2.00 bits per heavy atom. The number of carbonyl (C=O) groups excluding carboxylic acids is 1. The third-order valence-electron chi connectivity index (χ3n) is 2.74. The summed E-state index contributed by atoms with van der Waals surface area (Å²) in [5.41, 5.74) is -0.987. The maximum absolute atomic E-state index is 11.5. The molecule has 0 aliphatic heterocycles. The molecule has 15 heavy (non-hydrogen) atoms. The molecule has 1 atom stereocenters. The predicted molar refractivity (Wildman–Crippen MR) is 58.5 cm³/mol. The van der Waals surface area contributed by atoms with E-state index in [1.165, 1.54) is 0 Å². The number of amides is 1. The third-order valence-corrected chi connectivity index (χ3v) is 2.74.